The van der Waals surface area contributed by atoms with Crippen LogP contribution in [0.25, 0.3) is 0 Å². The lowest BCUT2D eigenvalue weighted by atomic mass is 10.0. The molecular weight excluding hydrogens is 336 g/mol. The Kier molecular flexibility index (Phi) is 6.75. The predicted molar refractivity (Wildman–Crippen MR) is 109 cm³/mol. The van der Waals surface area contributed by atoms with E-state index >= 15 is 0 Å². The molecule has 0 atom stereocenters. The number of benzene rings is 3. The Hall–Kier alpha value is -2.94. The highest BCUT2D eigenvalue weighted by Crippen LogP contribution is 2.20. The third kappa shape index (κ3) is 6.07. The van der Waals surface area contributed by atoms with Crippen molar-refractivity contribution in [2.75, 3.05) is 13.2 Å². The maximum Gasteiger partial charge on any atom is 0.122 e. The maximum atomic E-state index is 5.78. The van der Waals surface area contributed by atoms with Gasteiger partial charge >= 0.3 is 0 Å². The molecule has 3 aromatic carbocycles. The van der Waals surface area contributed by atoms with Crippen LogP contribution in [0, 0.1) is 0 Å². The topological polar surface area (TPSA) is 27.7 Å². The predicted octanol–water partition coefficient (Wildman–Crippen LogP) is 5.85. The molecule has 0 N–H and O–H groups in total. The van der Waals surface area contributed by atoms with Crippen molar-refractivity contribution < 1.29 is 14.2 Å². The van der Waals surface area contributed by atoms with Gasteiger partial charge in [0.25, 0.3) is 0 Å². The van der Waals surface area contributed by atoms with E-state index in [1.54, 1.807) is 0 Å². The summed E-state index contributed by atoms with van der Waals surface area (Å²) in [4.78, 5) is 0. The molecule has 3 rings (SSSR count). The molecule has 0 bridgehead atoms. The highest BCUT2D eigenvalue weighted by molar-refractivity contribution is 5.32. The first-order valence-corrected chi connectivity index (χ1v) is 9.33. The fourth-order valence-corrected chi connectivity index (χ4v) is 2.64. The third-order valence-corrected chi connectivity index (χ3v) is 4.24. The van der Waals surface area contributed by atoms with Crippen molar-refractivity contribution in [3.05, 3.63) is 90.0 Å². The lowest BCUT2D eigenvalue weighted by Gasteiger charge is -2.11. The van der Waals surface area contributed by atoms with Gasteiger partial charge in [0, 0.05) is 0 Å². The fourth-order valence-electron chi connectivity index (χ4n) is 2.64. The van der Waals surface area contributed by atoms with E-state index in [9.17, 15) is 0 Å². The number of ether oxygens (including phenoxy) is 3. The van der Waals surface area contributed by atoms with Gasteiger partial charge in [0.1, 0.15) is 37.1 Å². The van der Waals surface area contributed by atoms with Gasteiger partial charge in [-0.25, -0.2) is 0 Å². The lowest BCUT2D eigenvalue weighted by Crippen LogP contribution is -2.09. The highest BCUT2D eigenvalue weighted by atomic mass is 16.5. The molecule has 3 nitrogen and oxygen atoms in total. The Morgan fingerprint density at radius 1 is 0.593 bits per heavy atom. The minimum absolute atomic E-state index is 0.496. The first kappa shape index (κ1) is 18.8. The molecule has 3 aromatic rings. The summed E-state index contributed by atoms with van der Waals surface area (Å²) >= 11 is 0. The molecule has 0 aromatic heterocycles. The molecule has 0 aliphatic carbocycles. The molecule has 0 heterocycles. The van der Waals surface area contributed by atoms with E-state index in [2.05, 4.69) is 26.0 Å². The molecular formula is C24H26O3. The zero-order valence-electron chi connectivity index (χ0n) is 15.9. The van der Waals surface area contributed by atoms with Crippen LogP contribution < -0.4 is 14.2 Å². The quantitative estimate of drug-likeness (QED) is 0.447. The highest BCUT2D eigenvalue weighted by Gasteiger charge is 2.01. The average Bonchev–Trinajstić information content (AvgIpc) is 2.71. The van der Waals surface area contributed by atoms with Gasteiger partial charge in [0.05, 0.1) is 0 Å². The molecule has 0 amide bonds. The molecule has 0 unspecified atom stereocenters. The van der Waals surface area contributed by atoms with Crippen LogP contribution in [0.4, 0.5) is 0 Å². The second kappa shape index (κ2) is 9.67. The van der Waals surface area contributed by atoms with Gasteiger partial charge in [-0.1, -0.05) is 56.3 Å². The fraction of sp³-hybridized carbons (Fsp3) is 0.250. The van der Waals surface area contributed by atoms with E-state index in [-0.39, 0.29) is 0 Å². The van der Waals surface area contributed by atoms with E-state index in [1.165, 1.54) is 5.56 Å². The summed E-state index contributed by atoms with van der Waals surface area (Å²) in [6.45, 7) is 5.93. The number of rotatable bonds is 9. The van der Waals surface area contributed by atoms with Gasteiger partial charge in [-0.3, -0.25) is 0 Å². The van der Waals surface area contributed by atoms with Crippen LogP contribution in [0.2, 0.25) is 0 Å². The Labute approximate surface area is 161 Å². The summed E-state index contributed by atoms with van der Waals surface area (Å²) < 4.78 is 17.2. The lowest BCUT2D eigenvalue weighted by molar-refractivity contribution is 0.217. The molecule has 0 fully saturated rings. The van der Waals surface area contributed by atoms with Crippen LogP contribution in [-0.2, 0) is 6.61 Å². The standard InChI is InChI=1S/C24H26O3/c1-19(2)21-8-10-22(11-9-21)25-16-17-26-23-12-14-24(15-13-23)27-18-20-6-4-3-5-7-20/h3-15,19H,16-18H2,1-2H3. The summed E-state index contributed by atoms with van der Waals surface area (Å²) in [6.07, 6.45) is 0. The van der Waals surface area contributed by atoms with Crippen LogP contribution in [0.1, 0.15) is 30.9 Å². The van der Waals surface area contributed by atoms with E-state index in [0.29, 0.717) is 25.7 Å². The van der Waals surface area contributed by atoms with Crippen molar-refractivity contribution >= 4 is 0 Å². The summed E-state index contributed by atoms with van der Waals surface area (Å²) in [5, 5.41) is 0. The summed E-state index contributed by atoms with van der Waals surface area (Å²) in [5.74, 6) is 3.03. The zero-order chi connectivity index (χ0) is 18.9. The monoisotopic (exact) mass is 362 g/mol. The van der Waals surface area contributed by atoms with Gasteiger partial charge in [0.15, 0.2) is 0 Å². The maximum absolute atomic E-state index is 5.78. The van der Waals surface area contributed by atoms with Crippen LogP contribution in [0.3, 0.4) is 0 Å². The largest absolute Gasteiger partial charge is 0.490 e. The third-order valence-electron chi connectivity index (χ3n) is 4.24. The van der Waals surface area contributed by atoms with Crippen molar-refractivity contribution in [1.29, 1.82) is 0 Å². The molecule has 3 heteroatoms. The smallest absolute Gasteiger partial charge is 0.122 e. The summed E-state index contributed by atoms with van der Waals surface area (Å²) in [6, 6.07) is 26.0. The first-order valence-electron chi connectivity index (χ1n) is 9.33. The average molecular weight is 362 g/mol. The minimum atomic E-state index is 0.496. The molecule has 0 saturated heterocycles. The van der Waals surface area contributed by atoms with E-state index in [4.69, 9.17) is 14.2 Å². The zero-order valence-corrected chi connectivity index (χ0v) is 15.9. The molecule has 140 valence electrons. The molecule has 0 saturated carbocycles. The Balaban J connectivity index is 1.38. The van der Waals surface area contributed by atoms with Crippen LogP contribution in [-0.4, -0.2) is 13.2 Å². The van der Waals surface area contributed by atoms with Crippen molar-refractivity contribution in [3.63, 3.8) is 0 Å². The van der Waals surface area contributed by atoms with E-state index in [0.717, 1.165) is 22.8 Å². The molecule has 0 aliphatic rings. The van der Waals surface area contributed by atoms with Crippen molar-refractivity contribution in [2.45, 2.75) is 26.4 Å². The van der Waals surface area contributed by atoms with Crippen molar-refractivity contribution in [2.24, 2.45) is 0 Å². The van der Waals surface area contributed by atoms with Crippen LogP contribution in [0.15, 0.2) is 78.9 Å². The SMILES string of the molecule is CC(C)c1ccc(OCCOc2ccc(OCc3ccccc3)cc2)cc1. The van der Waals surface area contributed by atoms with Crippen molar-refractivity contribution in [1.82, 2.24) is 0 Å². The van der Waals surface area contributed by atoms with Gasteiger partial charge in [-0.2, -0.15) is 0 Å². The van der Waals surface area contributed by atoms with Crippen LogP contribution >= 0.6 is 0 Å². The minimum Gasteiger partial charge on any atom is -0.490 e. The normalized spacial score (nSPS) is 10.6. The Bertz CT molecular complexity index is 793. The van der Waals surface area contributed by atoms with E-state index < -0.39 is 0 Å². The van der Waals surface area contributed by atoms with E-state index in [1.807, 2.05) is 66.7 Å². The number of hydrogen-bond donors (Lipinski definition) is 0. The van der Waals surface area contributed by atoms with Gasteiger partial charge in [0.2, 0.25) is 0 Å². The number of hydrogen-bond acceptors (Lipinski definition) is 3. The molecule has 0 aliphatic heterocycles. The molecule has 0 radical (unpaired) electrons. The van der Waals surface area contributed by atoms with Gasteiger partial charge in [-0.15, -0.1) is 0 Å². The first-order chi connectivity index (χ1) is 13.2. The van der Waals surface area contributed by atoms with Crippen molar-refractivity contribution in [3.8, 4) is 17.2 Å². The Morgan fingerprint density at radius 3 is 1.59 bits per heavy atom. The van der Waals surface area contributed by atoms with Gasteiger partial charge in [-0.05, 0) is 53.4 Å². The van der Waals surface area contributed by atoms with Crippen LogP contribution in [0.5, 0.6) is 17.2 Å². The molecule has 27 heavy (non-hydrogen) atoms. The second-order valence-electron chi connectivity index (χ2n) is 6.67. The second-order valence-corrected chi connectivity index (χ2v) is 6.67. The van der Waals surface area contributed by atoms with Gasteiger partial charge < -0.3 is 14.2 Å². The summed E-state index contributed by atoms with van der Waals surface area (Å²) in [5.41, 5.74) is 2.46. The molecule has 0 spiro atoms. The Morgan fingerprint density at radius 2 is 1.07 bits per heavy atom. The summed E-state index contributed by atoms with van der Waals surface area (Å²) in [7, 11) is 0.